The fourth-order valence-electron chi connectivity index (χ4n) is 1.42. The minimum atomic E-state index is -0.403. The first-order valence-corrected chi connectivity index (χ1v) is 4.59. The van der Waals surface area contributed by atoms with Crippen LogP contribution in [0.2, 0.25) is 0 Å². The first-order valence-electron chi connectivity index (χ1n) is 4.59. The number of benzene rings is 1. The van der Waals surface area contributed by atoms with Gasteiger partial charge < -0.3 is 10.7 Å². The van der Waals surface area contributed by atoms with Gasteiger partial charge in [0.15, 0.2) is 0 Å². The smallest absolute Gasteiger partial charge is 0.258 e. The molecule has 1 aromatic carbocycles. The van der Waals surface area contributed by atoms with Gasteiger partial charge in [-0.05, 0) is 18.7 Å². The van der Waals surface area contributed by atoms with Crippen LogP contribution in [0.4, 0.5) is 4.39 Å². The molecule has 0 saturated carbocycles. The third kappa shape index (κ3) is 1.87. The third-order valence-electron chi connectivity index (χ3n) is 2.10. The Morgan fingerprint density at radius 1 is 1.47 bits per heavy atom. The maximum absolute atomic E-state index is 12.9. The number of hydrogen-bond donors (Lipinski definition) is 2. The number of halogens is 1. The highest BCUT2D eigenvalue weighted by Crippen LogP contribution is 2.08. The molecule has 1 aromatic heterocycles. The third-order valence-corrected chi connectivity index (χ3v) is 2.10. The van der Waals surface area contributed by atoms with E-state index in [0.29, 0.717) is 29.7 Å². The van der Waals surface area contributed by atoms with Crippen LogP contribution in [0.15, 0.2) is 23.0 Å². The second kappa shape index (κ2) is 3.78. The number of nitrogens with zero attached hydrogens (tertiary/aromatic N) is 1. The Morgan fingerprint density at radius 3 is 3.00 bits per heavy atom. The monoisotopic (exact) mass is 207 g/mol. The van der Waals surface area contributed by atoms with Crippen LogP contribution in [0, 0.1) is 5.82 Å². The van der Waals surface area contributed by atoms with Crippen molar-refractivity contribution >= 4 is 10.9 Å². The van der Waals surface area contributed by atoms with E-state index in [9.17, 15) is 9.18 Å². The van der Waals surface area contributed by atoms with Gasteiger partial charge in [0.2, 0.25) is 0 Å². The lowest BCUT2D eigenvalue weighted by Crippen LogP contribution is -2.15. The minimum Gasteiger partial charge on any atom is -0.330 e. The number of nitrogens with one attached hydrogen (secondary N) is 1. The molecule has 1 heterocycles. The van der Waals surface area contributed by atoms with Crippen molar-refractivity contribution in [3.05, 3.63) is 40.2 Å². The van der Waals surface area contributed by atoms with Gasteiger partial charge in [0.05, 0.1) is 10.9 Å². The van der Waals surface area contributed by atoms with Crippen molar-refractivity contribution in [2.24, 2.45) is 5.73 Å². The predicted molar refractivity (Wildman–Crippen MR) is 55.1 cm³/mol. The van der Waals surface area contributed by atoms with Gasteiger partial charge in [-0.1, -0.05) is 0 Å². The van der Waals surface area contributed by atoms with Gasteiger partial charge in [0, 0.05) is 12.5 Å². The van der Waals surface area contributed by atoms with Gasteiger partial charge >= 0.3 is 0 Å². The van der Waals surface area contributed by atoms with Gasteiger partial charge in [0.1, 0.15) is 11.6 Å². The molecule has 0 amide bonds. The van der Waals surface area contributed by atoms with Crippen LogP contribution >= 0.6 is 0 Å². The standard InChI is InChI=1S/C10H10FN3O/c11-6-1-2-7-8(5-6)13-9(3-4-12)14-10(7)15/h1-2,5H,3-4,12H2,(H,13,14,15). The summed E-state index contributed by atoms with van der Waals surface area (Å²) in [5.74, 6) is 0.0832. The number of rotatable bonds is 2. The van der Waals surface area contributed by atoms with E-state index >= 15 is 0 Å². The van der Waals surface area contributed by atoms with Crippen molar-refractivity contribution < 1.29 is 4.39 Å². The first kappa shape index (κ1) is 9.79. The molecule has 0 atom stereocenters. The lowest BCUT2D eigenvalue weighted by Gasteiger charge is -2.01. The Labute approximate surface area is 84.9 Å². The van der Waals surface area contributed by atoms with Gasteiger partial charge in [-0.2, -0.15) is 0 Å². The first-order chi connectivity index (χ1) is 7.20. The van der Waals surface area contributed by atoms with Crippen LogP contribution < -0.4 is 11.3 Å². The summed E-state index contributed by atoms with van der Waals surface area (Å²) in [6.07, 6.45) is 0.474. The molecule has 15 heavy (non-hydrogen) atoms. The Kier molecular flexibility index (Phi) is 2.47. The topological polar surface area (TPSA) is 71.8 Å². The maximum Gasteiger partial charge on any atom is 0.258 e. The molecule has 0 fully saturated rings. The van der Waals surface area contributed by atoms with E-state index in [1.165, 1.54) is 18.2 Å². The molecule has 78 valence electrons. The molecule has 4 nitrogen and oxygen atoms in total. The quantitative estimate of drug-likeness (QED) is 0.756. The zero-order chi connectivity index (χ0) is 10.8. The lowest BCUT2D eigenvalue weighted by molar-refractivity contribution is 0.629. The van der Waals surface area contributed by atoms with Gasteiger partial charge in [-0.25, -0.2) is 9.37 Å². The summed E-state index contributed by atoms with van der Waals surface area (Å²) in [6, 6.07) is 3.90. The molecule has 3 N–H and O–H groups in total. The molecule has 0 bridgehead atoms. The van der Waals surface area contributed by atoms with Crippen LogP contribution in [0.1, 0.15) is 5.82 Å². The number of fused-ring (bicyclic) bond motifs is 1. The van der Waals surface area contributed by atoms with Crippen LogP contribution in [0.5, 0.6) is 0 Å². The van der Waals surface area contributed by atoms with Crippen molar-refractivity contribution in [2.45, 2.75) is 6.42 Å². The summed E-state index contributed by atoms with van der Waals surface area (Å²) in [6.45, 7) is 0.393. The number of aromatic amines is 1. The van der Waals surface area contributed by atoms with Gasteiger partial charge in [-0.3, -0.25) is 4.79 Å². The maximum atomic E-state index is 12.9. The average molecular weight is 207 g/mol. The molecule has 2 aromatic rings. The molecule has 0 aliphatic carbocycles. The number of aromatic nitrogens is 2. The van der Waals surface area contributed by atoms with E-state index in [0.717, 1.165) is 0 Å². The highest BCUT2D eigenvalue weighted by atomic mass is 19.1. The predicted octanol–water partition coefficient (Wildman–Crippen LogP) is 0.563. The van der Waals surface area contributed by atoms with Crippen LogP contribution in [-0.4, -0.2) is 16.5 Å². The van der Waals surface area contributed by atoms with Crippen LogP contribution in [-0.2, 0) is 6.42 Å². The van der Waals surface area contributed by atoms with E-state index in [4.69, 9.17) is 5.73 Å². The molecular formula is C10H10FN3O. The Balaban J connectivity index is 2.68. The molecular weight excluding hydrogens is 197 g/mol. The molecule has 0 radical (unpaired) electrons. The second-order valence-corrected chi connectivity index (χ2v) is 3.21. The average Bonchev–Trinajstić information content (AvgIpc) is 2.17. The van der Waals surface area contributed by atoms with E-state index < -0.39 is 5.82 Å². The van der Waals surface area contributed by atoms with Crippen LogP contribution in [0.25, 0.3) is 10.9 Å². The molecule has 5 heteroatoms. The summed E-state index contributed by atoms with van der Waals surface area (Å²) >= 11 is 0. The molecule has 0 unspecified atom stereocenters. The molecule has 0 spiro atoms. The van der Waals surface area contributed by atoms with E-state index in [1.54, 1.807) is 0 Å². The summed E-state index contributed by atoms with van der Waals surface area (Å²) in [7, 11) is 0. The zero-order valence-corrected chi connectivity index (χ0v) is 7.96. The SMILES string of the molecule is NCCc1nc2cc(F)ccc2c(=O)[nH]1. The number of H-pyrrole nitrogens is 1. The Bertz CT molecular complexity index is 550. The highest BCUT2D eigenvalue weighted by Gasteiger charge is 2.03. The Morgan fingerprint density at radius 2 is 2.27 bits per heavy atom. The summed E-state index contributed by atoms with van der Waals surface area (Å²) in [5, 5.41) is 0.386. The zero-order valence-electron chi connectivity index (χ0n) is 7.96. The van der Waals surface area contributed by atoms with Crippen molar-refractivity contribution in [3.63, 3.8) is 0 Å². The largest absolute Gasteiger partial charge is 0.330 e. The number of nitrogens with two attached hydrogens (primary N) is 1. The van der Waals surface area contributed by atoms with E-state index in [1.807, 2.05) is 0 Å². The fourth-order valence-corrected chi connectivity index (χ4v) is 1.42. The van der Waals surface area contributed by atoms with Crippen molar-refractivity contribution in [3.8, 4) is 0 Å². The normalized spacial score (nSPS) is 10.8. The van der Waals surface area contributed by atoms with E-state index in [-0.39, 0.29) is 5.56 Å². The minimum absolute atomic E-state index is 0.261. The summed E-state index contributed by atoms with van der Waals surface area (Å²) in [4.78, 5) is 18.2. The highest BCUT2D eigenvalue weighted by molar-refractivity contribution is 5.77. The second-order valence-electron chi connectivity index (χ2n) is 3.21. The molecule has 0 saturated heterocycles. The molecule has 2 rings (SSSR count). The summed E-state index contributed by atoms with van der Waals surface area (Å²) < 4.78 is 12.9. The van der Waals surface area contributed by atoms with Crippen molar-refractivity contribution in [1.82, 2.24) is 9.97 Å². The lowest BCUT2D eigenvalue weighted by atomic mass is 10.2. The molecule has 0 aliphatic rings. The van der Waals surface area contributed by atoms with Crippen LogP contribution in [0.3, 0.4) is 0 Å². The molecule has 0 aliphatic heterocycles. The summed E-state index contributed by atoms with van der Waals surface area (Å²) in [5.41, 5.74) is 5.45. The van der Waals surface area contributed by atoms with Crippen molar-refractivity contribution in [1.29, 1.82) is 0 Å². The Hall–Kier alpha value is -1.75. The van der Waals surface area contributed by atoms with Crippen molar-refractivity contribution in [2.75, 3.05) is 6.54 Å². The number of hydrogen-bond acceptors (Lipinski definition) is 3. The van der Waals surface area contributed by atoms with E-state index in [2.05, 4.69) is 9.97 Å². The fraction of sp³-hybridized carbons (Fsp3) is 0.200. The van der Waals surface area contributed by atoms with Gasteiger partial charge in [-0.15, -0.1) is 0 Å². The van der Waals surface area contributed by atoms with Gasteiger partial charge in [0.25, 0.3) is 5.56 Å².